The maximum atomic E-state index is 11.6. The van der Waals surface area contributed by atoms with E-state index in [1.165, 1.54) is 0 Å². The standard InChI is InChI=1S/C14H20N2O3/c1-16-8-10(7-13(16)17)14(15)9-4-5-11(18-2)12(6-9)19-3/h4-6,10,14H,7-8,15H2,1-3H3. The van der Waals surface area contributed by atoms with Gasteiger partial charge in [0.25, 0.3) is 0 Å². The second kappa shape index (κ2) is 5.48. The van der Waals surface area contributed by atoms with Gasteiger partial charge >= 0.3 is 0 Å². The van der Waals surface area contributed by atoms with Gasteiger partial charge in [-0.3, -0.25) is 4.79 Å². The molecule has 0 bridgehead atoms. The molecule has 19 heavy (non-hydrogen) atoms. The van der Waals surface area contributed by atoms with Gasteiger partial charge in [-0.2, -0.15) is 0 Å². The van der Waals surface area contributed by atoms with Gasteiger partial charge in [-0.05, 0) is 17.7 Å². The number of ether oxygens (including phenoxy) is 2. The molecule has 1 aliphatic heterocycles. The molecule has 1 heterocycles. The van der Waals surface area contributed by atoms with Crippen LogP contribution in [0.25, 0.3) is 0 Å². The number of benzene rings is 1. The summed E-state index contributed by atoms with van der Waals surface area (Å²) in [6, 6.07) is 5.48. The summed E-state index contributed by atoms with van der Waals surface area (Å²) >= 11 is 0. The van der Waals surface area contributed by atoms with Gasteiger partial charge in [0.2, 0.25) is 5.91 Å². The van der Waals surface area contributed by atoms with Crippen LogP contribution in [0.5, 0.6) is 11.5 Å². The molecule has 5 nitrogen and oxygen atoms in total. The first-order valence-electron chi connectivity index (χ1n) is 6.28. The van der Waals surface area contributed by atoms with Gasteiger partial charge in [-0.25, -0.2) is 0 Å². The van der Waals surface area contributed by atoms with Crippen LogP contribution in [0.1, 0.15) is 18.0 Å². The Morgan fingerprint density at radius 3 is 2.53 bits per heavy atom. The Hall–Kier alpha value is -1.75. The molecule has 1 aliphatic rings. The third kappa shape index (κ3) is 2.66. The summed E-state index contributed by atoms with van der Waals surface area (Å²) in [5.41, 5.74) is 7.23. The maximum absolute atomic E-state index is 11.6. The number of methoxy groups -OCH3 is 2. The molecule has 1 fully saturated rings. The third-order valence-electron chi connectivity index (χ3n) is 3.67. The number of nitrogens with two attached hydrogens (primary N) is 1. The molecular formula is C14H20N2O3. The predicted molar refractivity (Wildman–Crippen MR) is 72.2 cm³/mol. The Labute approximate surface area is 113 Å². The lowest BCUT2D eigenvalue weighted by molar-refractivity contribution is -0.126. The van der Waals surface area contributed by atoms with Crippen molar-refractivity contribution in [3.05, 3.63) is 23.8 Å². The van der Waals surface area contributed by atoms with Crippen molar-refractivity contribution < 1.29 is 14.3 Å². The molecule has 0 radical (unpaired) electrons. The van der Waals surface area contributed by atoms with E-state index in [0.717, 1.165) is 5.56 Å². The molecule has 1 saturated heterocycles. The number of likely N-dealkylation sites (tertiary alicyclic amines) is 1. The molecule has 1 amide bonds. The number of hydrogen-bond donors (Lipinski definition) is 1. The minimum atomic E-state index is -0.172. The van der Waals surface area contributed by atoms with Gasteiger partial charge in [-0.1, -0.05) is 6.07 Å². The highest BCUT2D eigenvalue weighted by molar-refractivity contribution is 5.78. The van der Waals surface area contributed by atoms with Gasteiger partial charge in [0.1, 0.15) is 0 Å². The van der Waals surface area contributed by atoms with E-state index in [9.17, 15) is 4.79 Å². The molecule has 1 aromatic rings. The summed E-state index contributed by atoms with van der Waals surface area (Å²) in [5.74, 6) is 1.64. The highest BCUT2D eigenvalue weighted by Crippen LogP contribution is 2.34. The van der Waals surface area contributed by atoms with Gasteiger partial charge in [0.05, 0.1) is 14.2 Å². The maximum Gasteiger partial charge on any atom is 0.222 e. The Morgan fingerprint density at radius 1 is 1.32 bits per heavy atom. The van der Waals surface area contributed by atoms with Crippen molar-refractivity contribution in [2.24, 2.45) is 11.7 Å². The van der Waals surface area contributed by atoms with Gasteiger partial charge < -0.3 is 20.1 Å². The van der Waals surface area contributed by atoms with Crippen LogP contribution in [-0.2, 0) is 4.79 Å². The molecule has 2 N–H and O–H groups in total. The van der Waals surface area contributed by atoms with Crippen molar-refractivity contribution >= 4 is 5.91 Å². The Bertz CT molecular complexity index is 476. The zero-order chi connectivity index (χ0) is 14.0. The number of amides is 1. The number of carbonyl (C=O) groups excluding carboxylic acids is 1. The van der Waals surface area contributed by atoms with E-state index in [4.69, 9.17) is 15.2 Å². The molecule has 2 rings (SSSR count). The largest absolute Gasteiger partial charge is 0.493 e. The van der Waals surface area contributed by atoms with E-state index >= 15 is 0 Å². The van der Waals surface area contributed by atoms with Crippen molar-refractivity contribution in [3.8, 4) is 11.5 Å². The smallest absolute Gasteiger partial charge is 0.222 e. The number of nitrogens with zero attached hydrogens (tertiary/aromatic N) is 1. The lowest BCUT2D eigenvalue weighted by Gasteiger charge is -2.20. The van der Waals surface area contributed by atoms with Crippen LogP contribution in [-0.4, -0.2) is 38.6 Å². The highest BCUT2D eigenvalue weighted by Gasteiger charge is 2.32. The lowest BCUT2D eigenvalue weighted by atomic mass is 9.93. The quantitative estimate of drug-likeness (QED) is 0.887. The third-order valence-corrected chi connectivity index (χ3v) is 3.67. The van der Waals surface area contributed by atoms with Gasteiger partial charge in [-0.15, -0.1) is 0 Å². The van der Waals surface area contributed by atoms with E-state index in [2.05, 4.69) is 0 Å². The van der Waals surface area contributed by atoms with E-state index in [1.807, 2.05) is 25.2 Å². The fraction of sp³-hybridized carbons (Fsp3) is 0.500. The molecule has 1 aromatic carbocycles. The predicted octanol–water partition coefficient (Wildman–Crippen LogP) is 1.18. The van der Waals surface area contributed by atoms with Crippen LogP contribution in [0.3, 0.4) is 0 Å². The normalized spacial score (nSPS) is 20.5. The summed E-state index contributed by atoms with van der Waals surface area (Å²) in [7, 11) is 5.01. The van der Waals surface area contributed by atoms with Crippen LogP contribution >= 0.6 is 0 Å². The lowest BCUT2D eigenvalue weighted by Crippen LogP contribution is -2.24. The molecule has 104 valence electrons. The number of carbonyl (C=O) groups is 1. The van der Waals surface area contributed by atoms with Crippen molar-refractivity contribution in [2.45, 2.75) is 12.5 Å². The summed E-state index contributed by atoms with van der Waals surface area (Å²) in [6.07, 6.45) is 0.506. The van der Waals surface area contributed by atoms with E-state index in [0.29, 0.717) is 24.5 Å². The van der Waals surface area contributed by atoms with Crippen molar-refractivity contribution in [2.75, 3.05) is 27.8 Å². The van der Waals surface area contributed by atoms with E-state index < -0.39 is 0 Å². The van der Waals surface area contributed by atoms with E-state index in [1.54, 1.807) is 19.1 Å². The molecule has 2 unspecified atom stereocenters. The van der Waals surface area contributed by atoms with Crippen LogP contribution in [0.2, 0.25) is 0 Å². The van der Waals surface area contributed by atoms with Crippen LogP contribution in [0, 0.1) is 5.92 Å². The Kier molecular flexibility index (Phi) is 3.95. The molecule has 0 aromatic heterocycles. The van der Waals surface area contributed by atoms with Crippen molar-refractivity contribution in [3.63, 3.8) is 0 Å². The molecule has 0 spiro atoms. The first kappa shape index (κ1) is 13.7. The molecule has 0 aliphatic carbocycles. The van der Waals surface area contributed by atoms with Crippen molar-refractivity contribution in [1.82, 2.24) is 4.90 Å². The topological polar surface area (TPSA) is 64.8 Å². The zero-order valence-corrected chi connectivity index (χ0v) is 11.6. The molecule has 0 saturated carbocycles. The molecule has 5 heteroatoms. The fourth-order valence-corrected chi connectivity index (χ4v) is 2.47. The highest BCUT2D eigenvalue weighted by atomic mass is 16.5. The SMILES string of the molecule is COc1ccc(C(N)C2CC(=O)N(C)C2)cc1OC. The minimum absolute atomic E-state index is 0.149. The summed E-state index contributed by atoms with van der Waals surface area (Å²) in [4.78, 5) is 13.3. The summed E-state index contributed by atoms with van der Waals surface area (Å²) in [5, 5.41) is 0. The van der Waals surface area contributed by atoms with Crippen LogP contribution in [0.15, 0.2) is 18.2 Å². The second-order valence-electron chi connectivity index (χ2n) is 4.88. The average molecular weight is 264 g/mol. The Balaban J connectivity index is 2.20. The van der Waals surface area contributed by atoms with Crippen molar-refractivity contribution in [1.29, 1.82) is 0 Å². The molecule has 2 atom stereocenters. The first-order chi connectivity index (χ1) is 9.06. The first-order valence-corrected chi connectivity index (χ1v) is 6.28. The summed E-state index contributed by atoms with van der Waals surface area (Å²) < 4.78 is 10.5. The zero-order valence-electron chi connectivity index (χ0n) is 11.6. The van der Waals surface area contributed by atoms with Crippen LogP contribution in [0.4, 0.5) is 0 Å². The second-order valence-corrected chi connectivity index (χ2v) is 4.88. The fourth-order valence-electron chi connectivity index (χ4n) is 2.47. The van der Waals surface area contributed by atoms with E-state index in [-0.39, 0.29) is 17.9 Å². The van der Waals surface area contributed by atoms with Gasteiger partial charge in [0, 0.05) is 32.0 Å². The minimum Gasteiger partial charge on any atom is -0.493 e. The number of rotatable bonds is 4. The van der Waals surface area contributed by atoms with Gasteiger partial charge in [0.15, 0.2) is 11.5 Å². The molecular weight excluding hydrogens is 244 g/mol. The summed E-state index contributed by atoms with van der Waals surface area (Å²) in [6.45, 7) is 0.703. The van der Waals surface area contributed by atoms with Crippen LogP contribution < -0.4 is 15.2 Å². The Morgan fingerprint density at radius 2 is 2.00 bits per heavy atom. The monoisotopic (exact) mass is 264 g/mol. The average Bonchev–Trinajstić information content (AvgIpc) is 2.77. The number of hydrogen-bond acceptors (Lipinski definition) is 4.